The van der Waals surface area contributed by atoms with Gasteiger partial charge in [-0.05, 0) is 25.1 Å². The lowest BCUT2D eigenvalue weighted by molar-refractivity contribution is 0.415. The number of rotatable bonds is 2. The van der Waals surface area contributed by atoms with E-state index in [-0.39, 0.29) is 5.82 Å². The van der Waals surface area contributed by atoms with Gasteiger partial charge in [-0.2, -0.15) is 5.26 Å². The molecule has 2 N–H and O–H groups in total. The summed E-state index contributed by atoms with van der Waals surface area (Å²) in [6, 6.07) is 6.28. The monoisotopic (exact) mass is 262 g/mol. The fourth-order valence-electron chi connectivity index (χ4n) is 1.86. The minimum absolute atomic E-state index is 0.366. The molecule has 18 heavy (non-hydrogen) atoms. The van der Waals surface area contributed by atoms with Gasteiger partial charge in [-0.3, -0.25) is 0 Å². The van der Waals surface area contributed by atoms with Crippen molar-refractivity contribution < 1.29 is 9.13 Å². The van der Waals surface area contributed by atoms with Gasteiger partial charge in [0, 0.05) is 16.0 Å². The van der Waals surface area contributed by atoms with E-state index in [0.29, 0.717) is 27.4 Å². The normalized spacial score (nSPS) is 10.1. The molecule has 92 valence electrons. The molecule has 0 saturated carbocycles. The van der Waals surface area contributed by atoms with Gasteiger partial charge in [0.2, 0.25) is 0 Å². The van der Waals surface area contributed by atoms with Gasteiger partial charge in [-0.1, -0.05) is 0 Å². The lowest BCUT2D eigenvalue weighted by atomic mass is 10.0. The first-order valence-corrected chi connectivity index (χ1v) is 6.03. The Balaban J connectivity index is 2.73. The molecule has 0 spiro atoms. The minimum atomic E-state index is -0.366. The first-order valence-electron chi connectivity index (χ1n) is 5.21. The zero-order valence-corrected chi connectivity index (χ0v) is 10.8. The van der Waals surface area contributed by atoms with E-state index < -0.39 is 0 Å². The van der Waals surface area contributed by atoms with Crippen LogP contribution in [0.5, 0.6) is 5.75 Å². The van der Waals surface area contributed by atoms with Crippen LogP contribution in [0.2, 0.25) is 0 Å². The van der Waals surface area contributed by atoms with Crippen LogP contribution in [0.4, 0.5) is 10.1 Å². The molecule has 2 rings (SSSR count). The van der Waals surface area contributed by atoms with Gasteiger partial charge in [-0.15, -0.1) is 11.3 Å². The predicted molar refractivity (Wildman–Crippen MR) is 70.1 cm³/mol. The Bertz CT molecular complexity index is 643. The fourth-order valence-corrected chi connectivity index (χ4v) is 2.74. The van der Waals surface area contributed by atoms with Crippen LogP contribution in [-0.4, -0.2) is 7.11 Å². The summed E-state index contributed by atoms with van der Waals surface area (Å²) in [6.45, 7) is 1.85. The zero-order valence-electron chi connectivity index (χ0n) is 9.95. The van der Waals surface area contributed by atoms with Crippen molar-refractivity contribution in [1.82, 2.24) is 0 Å². The lowest BCUT2D eigenvalue weighted by Crippen LogP contribution is -1.93. The molecule has 1 aromatic heterocycles. The summed E-state index contributed by atoms with van der Waals surface area (Å²) in [5, 5.41) is 8.96. The molecule has 0 radical (unpaired) electrons. The van der Waals surface area contributed by atoms with Crippen molar-refractivity contribution in [3.05, 3.63) is 33.8 Å². The number of nitrogen functional groups attached to an aromatic ring is 1. The van der Waals surface area contributed by atoms with Crippen LogP contribution in [-0.2, 0) is 0 Å². The van der Waals surface area contributed by atoms with Crippen molar-refractivity contribution in [3.8, 4) is 22.9 Å². The highest BCUT2D eigenvalue weighted by atomic mass is 32.1. The molecule has 0 aliphatic heterocycles. The maximum Gasteiger partial charge on any atom is 0.128 e. The summed E-state index contributed by atoms with van der Waals surface area (Å²) < 4.78 is 18.6. The average Bonchev–Trinajstić information content (AvgIpc) is 2.64. The van der Waals surface area contributed by atoms with E-state index in [9.17, 15) is 4.39 Å². The summed E-state index contributed by atoms with van der Waals surface area (Å²) in [6.07, 6.45) is 0. The van der Waals surface area contributed by atoms with Crippen molar-refractivity contribution >= 4 is 17.0 Å². The Hall–Kier alpha value is -2.06. The van der Waals surface area contributed by atoms with E-state index >= 15 is 0 Å². The molecule has 3 nitrogen and oxygen atoms in total. The van der Waals surface area contributed by atoms with Crippen LogP contribution in [0.3, 0.4) is 0 Å². The van der Waals surface area contributed by atoms with Crippen LogP contribution < -0.4 is 10.5 Å². The smallest absolute Gasteiger partial charge is 0.128 e. The number of ether oxygens (including phenoxy) is 1. The number of halogens is 1. The third-order valence-corrected chi connectivity index (χ3v) is 3.68. The Kier molecular flexibility index (Phi) is 3.21. The third kappa shape index (κ3) is 1.91. The highest BCUT2D eigenvalue weighted by molar-refractivity contribution is 7.13. The second-order valence-corrected chi connectivity index (χ2v) is 4.96. The number of thiophene rings is 1. The molecule has 0 aliphatic carbocycles. The van der Waals surface area contributed by atoms with Gasteiger partial charge < -0.3 is 10.5 Å². The van der Waals surface area contributed by atoms with Crippen molar-refractivity contribution in [2.24, 2.45) is 0 Å². The van der Waals surface area contributed by atoms with Crippen LogP contribution in [0.1, 0.15) is 9.75 Å². The average molecular weight is 262 g/mol. The summed E-state index contributed by atoms with van der Waals surface area (Å²) in [7, 11) is 1.51. The molecule has 0 atom stereocenters. The topological polar surface area (TPSA) is 59.0 Å². The number of nitriles is 1. The number of methoxy groups -OCH3 is 1. The molecule has 0 unspecified atom stereocenters. The molecular formula is C13H11FN2OS. The number of hydrogen-bond donors (Lipinski definition) is 1. The quantitative estimate of drug-likeness (QED) is 0.903. The Morgan fingerprint density at radius 3 is 2.72 bits per heavy atom. The molecule has 5 heteroatoms. The fraction of sp³-hybridized carbons (Fsp3) is 0.154. The number of hydrogen-bond acceptors (Lipinski definition) is 4. The number of aryl methyl sites for hydroxylation is 1. The van der Waals surface area contributed by atoms with Gasteiger partial charge in [0.05, 0.1) is 12.8 Å². The maximum absolute atomic E-state index is 13.4. The Morgan fingerprint density at radius 1 is 1.44 bits per heavy atom. The van der Waals surface area contributed by atoms with E-state index in [1.807, 2.05) is 13.0 Å². The van der Waals surface area contributed by atoms with Crippen LogP contribution >= 0.6 is 11.3 Å². The van der Waals surface area contributed by atoms with Gasteiger partial charge in [0.25, 0.3) is 0 Å². The summed E-state index contributed by atoms with van der Waals surface area (Å²) in [5.41, 5.74) is 7.56. The standard InChI is InChI=1S/C13H11FN2OS/c1-7-12(13(16)11(6-15)18-7)9-5-8(14)3-4-10(9)17-2/h3-5H,16H2,1-2H3. The van der Waals surface area contributed by atoms with Gasteiger partial charge in [0.1, 0.15) is 22.5 Å². The molecule has 0 aliphatic rings. The molecule has 1 aromatic carbocycles. The van der Waals surface area contributed by atoms with Crippen LogP contribution in [0.25, 0.3) is 11.1 Å². The predicted octanol–water partition coefficient (Wildman–Crippen LogP) is 3.33. The molecule has 0 fully saturated rings. The highest BCUT2D eigenvalue weighted by Gasteiger charge is 2.18. The molecule has 1 heterocycles. The third-order valence-electron chi connectivity index (χ3n) is 2.65. The van der Waals surface area contributed by atoms with Crippen molar-refractivity contribution in [2.45, 2.75) is 6.92 Å². The second-order valence-electron chi connectivity index (χ2n) is 3.73. The van der Waals surface area contributed by atoms with Gasteiger partial charge in [0.15, 0.2) is 0 Å². The number of nitrogens with zero attached hydrogens (tertiary/aromatic N) is 1. The van der Waals surface area contributed by atoms with Crippen molar-refractivity contribution in [2.75, 3.05) is 12.8 Å². The number of benzene rings is 1. The molecule has 0 saturated heterocycles. The van der Waals surface area contributed by atoms with Gasteiger partial charge in [-0.25, -0.2) is 4.39 Å². The second kappa shape index (κ2) is 4.67. The van der Waals surface area contributed by atoms with Crippen LogP contribution in [0, 0.1) is 24.1 Å². The first-order chi connectivity index (χ1) is 8.58. The van der Waals surface area contributed by atoms with E-state index in [1.165, 1.54) is 30.6 Å². The van der Waals surface area contributed by atoms with Crippen molar-refractivity contribution in [1.29, 1.82) is 5.26 Å². The minimum Gasteiger partial charge on any atom is -0.496 e. The van der Waals surface area contributed by atoms with E-state index in [0.717, 1.165) is 4.88 Å². The first kappa shape index (κ1) is 12.4. The summed E-state index contributed by atoms with van der Waals surface area (Å²) in [4.78, 5) is 1.31. The molecular weight excluding hydrogens is 251 g/mol. The van der Waals surface area contributed by atoms with Crippen LogP contribution in [0.15, 0.2) is 18.2 Å². The summed E-state index contributed by atoms with van der Waals surface area (Å²) >= 11 is 1.30. The zero-order chi connectivity index (χ0) is 13.3. The largest absolute Gasteiger partial charge is 0.496 e. The van der Waals surface area contributed by atoms with E-state index in [1.54, 1.807) is 6.07 Å². The molecule has 0 bridgehead atoms. The van der Waals surface area contributed by atoms with E-state index in [2.05, 4.69) is 0 Å². The number of nitrogens with two attached hydrogens (primary N) is 1. The van der Waals surface area contributed by atoms with Crippen molar-refractivity contribution in [3.63, 3.8) is 0 Å². The molecule has 2 aromatic rings. The van der Waals surface area contributed by atoms with Gasteiger partial charge >= 0.3 is 0 Å². The lowest BCUT2D eigenvalue weighted by Gasteiger charge is -2.09. The Morgan fingerprint density at radius 2 is 2.17 bits per heavy atom. The highest BCUT2D eigenvalue weighted by Crippen LogP contribution is 2.42. The molecule has 0 amide bonds. The SMILES string of the molecule is COc1ccc(F)cc1-c1c(C)sc(C#N)c1N. The maximum atomic E-state index is 13.4. The number of anilines is 1. The van der Waals surface area contributed by atoms with E-state index in [4.69, 9.17) is 15.7 Å². The summed E-state index contributed by atoms with van der Waals surface area (Å²) in [5.74, 6) is 0.169. The Labute approximate surface area is 108 Å².